The third-order valence-electron chi connectivity index (χ3n) is 1.51. The molecule has 0 rings (SSSR count). The van der Waals surface area contributed by atoms with Crippen LogP contribution in [0.4, 0.5) is 4.39 Å². The second-order valence-electron chi connectivity index (χ2n) is 2.91. The lowest BCUT2D eigenvalue weighted by Gasteiger charge is -1.94. The van der Waals surface area contributed by atoms with Crippen LogP contribution in [0.15, 0.2) is 23.3 Å². The molecular formula is C10H17F. The summed E-state index contributed by atoms with van der Waals surface area (Å²) in [6, 6.07) is 0. The highest BCUT2D eigenvalue weighted by Crippen LogP contribution is 2.04. The topological polar surface area (TPSA) is 0 Å². The van der Waals surface area contributed by atoms with E-state index in [1.165, 1.54) is 5.57 Å². The molecule has 0 nitrogen and oxygen atoms in total. The lowest BCUT2D eigenvalue weighted by molar-refractivity contribution is 0.543. The molecule has 0 amide bonds. The molecule has 0 N–H and O–H groups in total. The van der Waals surface area contributed by atoms with Crippen LogP contribution in [-0.4, -0.2) is 6.67 Å². The van der Waals surface area contributed by atoms with E-state index in [4.69, 9.17) is 0 Å². The summed E-state index contributed by atoms with van der Waals surface area (Å²) in [5.41, 5.74) is 2.11. The molecule has 0 saturated heterocycles. The molecular weight excluding hydrogens is 139 g/mol. The van der Waals surface area contributed by atoms with Gasteiger partial charge in [-0.1, -0.05) is 31.1 Å². The first-order valence-corrected chi connectivity index (χ1v) is 4.09. The average molecular weight is 156 g/mol. The summed E-state index contributed by atoms with van der Waals surface area (Å²) in [6.07, 6.45) is 6.12. The van der Waals surface area contributed by atoms with Crippen molar-refractivity contribution in [2.24, 2.45) is 0 Å². The van der Waals surface area contributed by atoms with Crippen molar-refractivity contribution in [2.45, 2.75) is 33.6 Å². The van der Waals surface area contributed by atoms with E-state index in [2.05, 4.69) is 13.8 Å². The van der Waals surface area contributed by atoms with E-state index >= 15 is 0 Å². The zero-order valence-corrected chi connectivity index (χ0v) is 7.65. The molecule has 0 heterocycles. The van der Waals surface area contributed by atoms with Gasteiger partial charge in [0.15, 0.2) is 0 Å². The van der Waals surface area contributed by atoms with Gasteiger partial charge in [0.05, 0.1) is 0 Å². The quantitative estimate of drug-likeness (QED) is 0.545. The molecule has 0 spiro atoms. The second-order valence-corrected chi connectivity index (χ2v) is 2.91. The summed E-state index contributed by atoms with van der Waals surface area (Å²) in [6.45, 7) is 5.68. The Bertz CT molecular complexity index is 154. The van der Waals surface area contributed by atoms with Gasteiger partial charge in [0, 0.05) is 0 Å². The van der Waals surface area contributed by atoms with Gasteiger partial charge in [-0.25, -0.2) is 4.39 Å². The number of allylic oxidation sites excluding steroid dienone is 4. The summed E-state index contributed by atoms with van der Waals surface area (Å²) < 4.78 is 11.9. The third-order valence-corrected chi connectivity index (χ3v) is 1.51. The first-order chi connectivity index (χ1) is 5.20. The van der Waals surface area contributed by atoms with Crippen molar-refractivity contribution in [3.8, 4) is 0 Å². The molecule has 0 atom stereocenters. The van der Waals surface area contributed by atoms with E-state index in [9.17, 15) is 4.39 Å². The highest BCUT2D eigenvalue weighted by Gasteiger charge is 1.86. The van der Waals surface area contributed by atoms with Gasteiger partial charge < -0.3 is 0 Å². The molecule has 0 aromatic carbocycles. The number of hydrogen-bond donors (Lipinski definition) is 0. The van der Waals surface area contributed by atoms with E-state index in [-0.39, 0.29) is 6.67 Å². The summed E-state index contributed by atoms with van der Waals surface area (Å²) in [4.78, 5) is 0. The van der Waals surface area contributed by atoms with Gasteiger partial charge in [-0.05, 0) is 25.8 Å². The fourth-order valence-corrected chi connectivity index (χ4v) is 0.807. The predicted octanol–water partition coefficient (Wildman–Crippen LogP) is 3.65. The smallest absolute Gasteiger partial charge is 0.111 e. The Morgan fingerprint density at radius 2 is 1.73 bits per heavy atom. The van der Waals surface area contributed by atoms with E-state index in [0.717, 1.165) is 18.4 Å². The minimum atomic E-state index is -0.337. The van der Waals surface area contributed by atoms with Crippen LogP contribution >= 0.6 is 0 Å². The average Bonchev–Trinajstić information content (AvgIpc) is 2.01. The van der Waals surface area contributed by atoms with Crippen LogP contribution in [0.5, 0.6) is 0 Å². The van der Waals surface area contributed by atoms with Crippen LogP contribution in [0.2, 0.25) is 0 Å². The molecule has 0 bridgehead atoms. The summed E-state index contributed by atoms with van der Waals surface area (Å²) >= 11 is 0. The zero-order chi connectivity index (χ0) is 8.69. The molecule has 0 radical (unpaired) electrons. The summed E-state index contributed by atoms with van der Waals surface area (Å²) in [5, 5.41) is 0. The van der Waals surface area contributed by atoms with Crippen molar-refractivity contribution >= 4 is 0 Å². The molecule has 64 valence electrons. The van der Waals surface area contributed by atoms with Crippen molar-refractivity contribution in [2.75, 3.05) is 6.67 Å². The number of alkyl halides is 1. The fraction of sp³-hybridized carbons (Fsp3) is 0.600. The third kappa shape index (κ3) is 5.84. The maximum absolute atomic E-state index is 11.9. The first kappa shape index (κ1) is 10.4. The molecule has 0 unspecified atom stereocenters. The van der Waals surface area contributed by atoms with Crippen molar-refractivity contribution in [3.63, 3.8) is 0 Å². The number of hydrogen-bond acceptors (Lipinski definition) is 0. The first-order valence-electron chi connectivity index (χ1n) is 4.09. The second kappa shape index (κ2) is 6.14. The predicted molar refractivity (Wildman–Crippen MR) is 48.4 cm³/mol. The monoisotopic (exact) mass is 156 g/mol. The molecule has 0 aromatic rings. The molecule has 11 heavy (non-hydrogen) atoms. The SMILES string of the molecule is CCC/C(C)=C\C=C(\C)CF. The molecule has 0 aliphatic carbocycles. The van der Waals surface area contributed by atoms with Crippen LogP contribution in [0.25, 0.3) is 0 Å². The van der Waals surface area contributed by atoms with E-state index in [1.54, 1.807) is 6.92 Å². The Hall–Kier alpha value is -0.590. The van der Waals surface area contributed by atoms with Crippen LogP contribution in [0.3, 0.4) is 0 Å². The van der Waals surface area contributed by atoms with Gasteiger partial charge in [0.1, 0.15) is 6.67 Å². The van der Waals surface area contributed by atoms with Crippen LogP contribution < -0.4 is 0 Å². The van der Waals surface area contributed by atoms with Gasteiger partial charge in [0.25, 0.3) is 0 Å². The van der Waals surface area contributed by atoms with Gasteiger partial charge in [-0.15, -0.1) is 0 Å². The Labute approximate surface area is 68.8 Å². The number of halogens is 1. The molecule has 1 heteroatoms. The van der Waals surface area contributed by atoms with Gasteiger partial charge >= 0.3 is 0 Å². The van der Waals surface area contributed by atoms with Crippen molar-refractivity contribution < 1.29 is 4.39 Å². The Balaban J connectivity index is 3.89. The minimum Gasteiger partial charge on any atom is -0.246 e. The Morgan fingerprint density at radius 1 is 1.18 bits per heavy atom. The normalized spacial score (nSPS) is 13.8. The standard InChI is InChI=1S/C10H17F/c1-4-5-9(2)6-7-10(3)8-11/h6-7H,4-5,8H2,1-3H3/b9-6-,10-7-. The van der Waals surface area contributed by atoms with Crippen molar-refractivity contribution in [1.82, 2.24) is 0 Å². The van der Waals surface area contributed by atoms with E-state index < -0.39 is 0 Å². The van der Waals surface area contributed by atoms with Crippen molar-refractivity contribution in [3.05, 3.63) is 23.3 Å². The number of rotatable bonds is 4. The Kier molecular flexibility index (Phi) is 5.81. The summed E-state index contributed by atoms with van der Waals surface area (Å²) in [7, 11) is 0. The largest absolute Gasteiger partial charge is 0.246 e. The lowest BCUT2D eigenvalue weighted by atomic mass is 10.1. The minimum absolute atomic E-state index is 0.337. The molecule has 0 aliphatic rings. The van der Waals surface area contributed by atoms with Crippen LogP contribution in [-0.2, 0) is 0 Å². The van der Waals surface area contributed by atoms with E-state index in [1.807, 2.05) is 12.2 Å². The highest BCUT2D eigenvalue weighted by molar-refractivity contribution is 5.15. The van der Waals surface area contributed by atoms with Crippen LogP contribution in [0, 0.1) is 0 Å². The zero-order valence-electron chi connectivity index (χ0n) is 7.65. The molecule has 0 fully saturated rings. The molecule has 0 aromatic heterocycles. The fourth-order valence-electron chi connectivity index (χ4n) is 0.807. The van der Waals surface area contributed by atoms with Gasteiger partial charge in [-0.2, -0.15) is 0 Å². The van der Waals surface area contributed by atoms with Gasteiger partial charge in [-0.3, -0.25) is 0 Å². The highest BCUT2D eigenvalue weighted by atomic mass is 19.1. The molecule has 0 saturated carbocycles. The summed E-state index contributed by atoms with van der Waals surface area (Å²) in [5.74, 6) is 0. The maximum atomic E-state index is 11.9. The maximum Gasteiger partial charge on any atom is 0.111 e. The lowest BCUT2D eigenvalue weighted by Crippen LogP contribution is -1.77. The van der Waals surface area contributed by atoms with Gasteiger partial charge in [0.2, 0.25) is 0 Å². The van der Waals surface area contributed by atoms with Crippen LogP contribution in [0.1, 0.15) is 33.6 Å². The molecule has 0 aliphatic heterocycles. The Morgan fingerprint density at radius 3 is 2.18 bits per heavy atom. The van der Waals surface area contributed by atoms with E-state index in [0.29, 0.717) is 0 Å². The van der Waals surface area contributed by atoms with Crippen molar-refractivity contribution in [1.29, 1.82) is 0 Å².